The second kappa shape index (κ2) is 6.20. The Balaban J connectivity index is 2.34. The normalized spacial score (nSPS) is 11.5. The number of nitro groups is 1. The Labute approximate surface area is 125 Å². The first kappa shape index (κ1) is 16.0. The minimum Gasteiger partial charge on any atom is -0.358 e. The van der Waals surface area contributed by atoms with Gasteiger partial charge in [0.15, 0.2) is 0 Å². The van der Waals surface area contributed by atoms with Crippen molar-refractivity contribution in [3.8, 4) is 11.4 Å². The van der Waals surface area contributed by atoms with E-state index in [1.54, 1.807) is 0 Å². The Morgan fingerprint density at radius 1 is 1.36 bits per heavy atom. The molecule has 0 saturated heterocycles. The predicted molar refractivity (Wildman–Crippen MR) is 75.1 cm³/mol. The lowest BCUT2D eigenvalue weighted by atomic mass is 10.2. The van der Waals surface area contributed by atoms with Gasteiger partial charge in [0.1, 0.15) is 25.2 Å². The van der Waals surface area contributed by atoms with E-state index >= 15 is 0 Å². The van der Waals surface area contributed by atoms with Gasteiger partial charge in [0, 0.05) is 5.56 Å². The Hall–Kier alpha value is -2.33. The largest absolute Gasteiger partial charge is 0.358 e. The molecule has 1 heterocycles. The van der Waals surface area contributed by atoms with E-state index in [4.69, 9.17) is 0 Å². The Kier molecular flexibility index (Phi) is 4.52. The van der Waals surface area contributed by atoms with E-state index in [2.05, 4.69) is 9.17 Å². The van der Waals surface area contributed by atoms with E-state index in [0.717, 1.165) is 12.5 Å². The summed E-state index contributed by atoms with van der Waals surface area (Å²) >= 11 is 0. The highest BCUT2D eigenvalue weighted by atomic mass is 32.2. The van der Waals surface area contributed by atoms with Crippen LogP contribution in [-0.4, -0.2) is 35.8 Å². The summed E-state index contributed by atoms with van der Waals surface area (Å²) in [7, 11) is -3.65. The van der Waals surface area contributed by atoms with Gasteiger partial charge >= 0.3 is 5.82 Å². The fourth-order valence-electron chi connectivity index (χ4n) is 1.84. The third-order valence-electron chi connectivity index (χ3n) is 2.74. The average Bonchev–Trinajstić information content (AvgIpc) is 2.82. The van der Waals surface area contributed by atoms with Crippen LogP contribution in [0, 0.1) is 15.9 Å². The number of rotatable bonds is 6. The lowest BCUT2D eigenvalue weighted by Gasteiger charge is -2.05. The zero-order valence-electron chi connectivity index (χ0n) is 11.5. The summed E-state index contributed by atoms with van der Waals surface area (Å²) in [6, 6.07) is 5.25. The van der Waals surface area contributed by atoms with Crippen molar-refractivity contribution in [1.29, 1.82) is 0 Å². The molecular formula is C12H12FN3O5S. The molecule has 0 aliphatic rings. The number of halogens is 1. The maximum Gasteiger partial charge on any atom is 0.343 e. The molecule has 10 heteroatoms. The fraction of sp³-hybridized carbons (Fsp3) is 0.250. The number of hydrogen-bond acceptors (Lipinski definition) is 6. The second-order valence-corrected chi connectivity index (χ2v) is 6.03. The third-order valence-corrected chi connectivity index (χ3v) is 3.33. The van der Waals surface area contributed by atoms with Crippen LogP contribution in [0.25, 0.3) is 11.4 Å². The molecule has 0 bridgehead atoms. The van der Waals surface area contributed by atoms with Crippen LogP contribution >= 0.6 is 0 Å². The number of nitrogens with zero attached hydrogens (tertiary/aromatic N) is 3. The highest BCUT2D eigenvalue weighted by Gasteiger charge is 2.21. The van der Waals surface area contributed by atoms with E-state index in [-0.39, 0.29) is 24.8 Å². The van der Waals surface area contributed by atoms with Gasteiger partial charge in [0.2, 0.25) is 5.82 Å². The molecule has 0 amide bonds. The number of imidazole rings is 1. The first-order valence-corrected chi connectivity index (χ1v) is 7.90. The van der Waals surface area contributed by atoms with Crippen LogP contribution in [-0.2, 0) is 20.8 Å². The first-order chi connectivity index (χ1) is 10.3. The van der Waals surface area contributed by atoms with Crippen molar-refractivity contribution in [1.82, 2.24) is 9.55 Å². The zero-order valence-corrected chi connectivity index (χ0v) is 12.3. The monoisotopic (exact) mass is 329 g/mol. The molecule has 22 heavy (non-hydrogen) atoms. The molecule has 0 fully saturated rings. The molecule has 2 aromatic rings. The van der Waals surface area contributed by atoms with Crippen molar-refractivity contribution in [2.24, 2.45) is 0 Å². The number of aromatic nitrogens is 2. The van der Waals surface area contributed by atoms with Crippen molar-refractivity contribution in [3.05, 3.63) is 46.4 Å². The van der Waals surface area contributed by atoms with Gasteiger partial charge in [-0.2, -0.15) is 8.42 Å². The third kappa shape index (κ3) is 3.86. The lowest BCUT2D eigenvalue weighted by molar-refractivity contribution is -0.392. The molecule has 0 saturated carbocycles. The SMILES string of the molecule is CS(=O)(=O)OCCn1c([N+](=O)[O-])cnc1-c1ccc(F)cc1. The molecular weight excluding hydrogens is 317 g/mol. The minimum atomic E-state index is -3.65. The van der Waals surface area contributed by atoms with Crippen molar-refractivity contribution in [3.63, 3.8) is 0 Å². The Bertz CT molecular complexity index is 786. The number of hydrogen-bond donors (Lipinski definition) is 0. The molecule has 1 aromatic heterocycles. The van der Waals surface area contributed by atoms with Gasteiger partial charge in [0.25, 0.3) is 10.1 Å². The Morgan fingerprint density at radius 2 is 2.00 bits per heavy atom. The van der Waals surface area contributed by atoms with Crippen LogP contribution in [0.4, 0.5) is 10.2 Å². The fourth-order valence-corrected chi connectivity index (χ4v) is 2.22. The molecule has 0 unspecified atom stereocenters. The minimum absolute atomic E-state index is 0.0872. The molecule has 1 aromatic carbocycles. The van der Waals surface area contributed by atoms with E-state index in [1.165, 1.54) is 28.8 Å². The summed E-state index contributed by atoms with van der Waals surface area (Å²) in [5.41, 5.74) is 0.467. The van der Waals surface area contributed by atoms with Gasteiger partial charge in [-0.05, 0) is 29.2 Å². The smallest absolute Gasteiger partial charge is 0.343 e. The van der Waals surface area contributed by atoms with Crippen molar-refractivity contribution < 1.29 is 21.9 Å². The molecule has 0 atom stereocenters. The summed E-state index contributed by atoms with van der Waals surface area (Å²) in [6.45, 7) is -0.361. The molecule has 8 nitrogen and oxygen atoms in total. The average molecular weight is 329 g/mol. The maximum absolute atomic E-state index is 12.9. The molecule has 0 radical (unpaired) electrons. The highest BCUT2D eigenvalue weighted by Crippen LogP contribution is 2.24. The van der Waals surface area contributed by atoms with Crippen LogP contribution < -0.4 is 0 Å². The molecule has 118 valence electrons. The standard InChI is InChI=1S/C12H12FN3O5S/c1-22(19,20)21-7-6-15-11(16(17)18)8-14-12(15)9-2-4-10(13)5-3-9/h2-5,8H,6-7H2,1H3. The van der Waals surface area contributed by atoms with Crippen LogP contribution in [0.15, 0.2) is 30.5 Å². The quantitative estimate of drug-likeness (QED) is 0.452. The second-order valence-electron chi connectivity index (χ2n) is 4.38. The van der Waals surface area contributed by atoms with Crippen LogP contribution in [0.2, 0.25) is 0 Å². The summed E-state index contributed by atoms with van der Waals surface area (Å²) in [4.78, 5) is 14.3. The molecule has 0 aliphatic carbocycles. The van der Waals surface area contributed by atoms with Crippen LogP contribution in [0.1, 0.15) is 0 Å². The maximum atomic E-state index is 12.9. The summed E-state index contributed by atoms with van der Waals surface area (Å²) in [5.74, 6) is -0.531. The van der Waals surface area contributed by atoms with E-state index < -0.39 is 20.9 Å². The van der Waals surface area contributed by atoms with Gasteiger partial charge in [-0.3, -0.25) is 4.18 Å². The molecule has 2 rings (SSSR count). The van der Waals surface area contributed by atoms with E-state index in [1.807, 2.05) is 0 Å². The van der Waals surface area contributed by atoms with Gasteiger partial charge in [-0.15, -0.1) is 0 Å². The lowest BCUT2D eigenvalue weighted by Crippen LogP contribution is -2.13. The van der Waals surface area contributed by atoms with E-state index in [0.29, 0.717) is 5.56 Å². The number of benzene rings is 1. The van der Waals surface area contributed by atoms with Crippen molar-refractivity contribution >= 4 is 15.9 Å². The van der Waals surface area contributed by atoms with Crippen molar-refractivity contribution in [2.45, 2.75) is 6.54 Å². The van der Waals surface area contributed by atoms with Gasteiger partial charge < -0.3 is 10.1 Å². The molecule has 0 N–H and O–H groups in total. The van der Waals surface area contributed by atoms with Crippen molar-refractivity contribution in [2.75, 3.05) is 12.9 Å². The predicted octanol–water partition coefficient (Wildman–Crippen LogP) is 1.57. The van der Waals surface area contributed by atoms with E-state index in [9.17, 15) is 22.9 Å². The van der Waals surface area contributed by atoms with Gasteiger partial charge in [-0.1, -0.05) is 0 Å². The van der Waals surface area contributed by atoms with Crippen LogP contribution in [0.3, 0.4) is 0 Å². The summed E-state index contributed by atoms with van der Waals surface area (Å²) < 4.78 is 40.6. The summed E-state index contributed by atoms with van der Waals surface area (Å²) in [6.07, 6.45) is 1.94. The zero-order chi connectivity index (χ0) is 16.3. The first-order valence-electron chi connectivity index (χ1n) is 6.08. The van der Waals surface area contributed by atoms with Crippen LogP contribution in [0.5, 0.6) is 0 Å². The summed E-state index contributed by atoms with van der Waals surface area (Å²) in [5, 5.41) is 11.0. The highest BCUT2D eigenvalue weighted by molar-refractivity contribution is 7.85. The molecule has 0 spiro atoms. The van der Waals surface area contributed by atoms with Gasteiger partial charge in [0.05, 0.1) is 6.26 Å². The molecule has 0 aliphatic heterocycles. The topological polar surface area (TPSA) is 104 Å². The Morgan fingerprint density at radius 3 is 2.55 bits per heavy atom. The van der Waals surface area contributed by atoms with Gasteiger partial charge in [-0.25, -0.2) is 13.9 Å².